The van der Waals surface area contributed by atoms with Crippen molar-refractivity contribution in [1.82, 2.24) is 0 Å². The van der Waals surface area contributed by atoms with Gasteiger partial charge in [0.25, 0.3) is 10.0 Å². The summed E-state index contributed by atoms with van der Waals surface area (Å²) in [4.78, 5) is -0.156. The Bertz CT molecular complexity index is 840. The Morgan fingerprint density at radius 2 is 1.75 bits per heavy atom. The quantitative estimate of drug-likeness (QED) is 0.780. The van der Waals surface area contributed by atoms with E-state index >= 15 is 0 Å². The van der Waals surface area contributed by atoms with Gasteiger partial charge in [-0.2, -0.15) is 0 Å². The zero-order chi connectivity index (χ0) is 18.0. The molecule has 10 heteroatoms. The van der Waals surface area contributed by atoms with Crippen LogP contribution in [-0.4, -0.2) is 21.9 Å². The summed E-state index contributed by atoms with van der Waals surface area (Å²) in [7, 11) is -2.71. The van der Waals surface area contributed by atoms with Crippen molar-refractivity contribution in [2.75, 3.05) is 11.8 Å². The second-order valence-corrected chi connectivity index (χ2v) is 6.98. The predicted octanol–water partition coefficient (Wildman–Crippen LogP) is 4.16. The van der Waals surface area contributed by atoms with Gasteiger partial charge in [-0.1, -0.05) is 12.1 Å². The lowest BCUT2D eigenvalue weighted by molar-refractivity contribution is -0.274. The minimum absolute atomic E-state index is 0.156. The number of ether oxygens (including phenoxy) is 2. The minimum atomic E-state index is -4.94. The number of methoxy groups -OCH3 is 1. The van der Waals surface area contributed by atoms with Crippen molar-refractivity contribution in [1.29, 1.82) is 0 Å². The van der Waals surface area contributed by atoms with Gasteiger partial charge in [-0.25, -0.2) is 8.42 Å². The number of alkyl halides is 3. The lowest BCUT2D eigenvalue weighted by Crippen LogP contribution is -2.19. The molecule has 0 spiro atoms. The molecule has 2 aromatic rings. The number of nitrogens with one attached hydrogen (secondary N) is 1. The Labute approximate surface area is 144 Å². The standard InChI is InChI=1S/C14H11BrF3NO4S/c1-22-12-7-6-9(8-10(12)15)24(20,21)19-11-4-2-3-5-13(11)23-14(16,17)18/h2-8,19H,1H3. The number of hydrogen-bond acceptors (Lipinski definition) is 4. The highest BCUT2D eigenvalue weighted by Crippen LogP contribution is 2.33. The maximum Gasteiger partial charge on any atom is 0.573 e. The van der Waals surface area contributed by atoms with E-state index in [1.807, 2.05) is 0 Å². The third kappa shape index (κ3) is 4.54. The van der Waals surface area contributed by atoms with Crippen LogP contribution in [0, 0.1) is 0 Å². The van der Waals surface area contributed by atoms with Crippen LogP contribution in [0.4, 0.5) is 18.9 Å². The molecule has 0 amide bonds. The van der Waals surface area contributed by atoms with E-state index in [1.165, 1.54) is 37.4 Å². The molecular weight excluding hydrogens is 415 g/mol. The number of para-hydroxylation sites is 2. The summed E-state index contributed by atoms with van der Waals surface area (Å²) in [5.41, 5.74) is -0.332. The van der Waals surface area contributed by atoms with E-state index in [4.69, 9.17) is 4.74 Å². The third-order valence-electron chi connectivity index (χ3n) is 2.79. The van der Waals surface area contributed by atoms with E-state index < -0.39 is 22.1 Å². The van der Waals surface area contributed by atoms with Crippen LogP contribution in [0.1, 0.15) is 0 Å². The number of rotatable bonds is 5. The normalized spacial score (nSPS) is 11.9. The molecule has 130 valence electrons. The zero-order valence-electron chi connectivity index (χ0n) is 12.1. The van der Waals surface area contributed by atoms with Crippen molar-refractivity contribution in [3.05, 3.63) is 46.9 Å². The van der Waals surface area contributed by atoms with Crippen LogP contribution in [0.3, 0.4) is 0 Å². The fourth-order valence-corrected chi connectivity index (χ4v) is 3.57. The Morgan fingerprint density at radius 3 is 2.33 bits per heavy atom. The molecule has 0 fully saturated rings. The minimum Gasteiger partial charge on any atom is -0.496 e. The van der Waals surface area contributed by atoms with E-state index in [0.717, 1.165) is 12.1 Å². The SMILES string of the molecule is COc1ccc(S(=O)(=O)Nc2ccccc2OC(F)(F)F)cc1Br. The molecule has 1 N–H and O–H groups in total. The Balaban J connectivity index is 2.35. The van der Waals surface area contributed by atoms with Gasteiger partial charge in [0.05, 0.1) is 22.2 Å². The van der Waals surface area contributed by atoms with Crippen molar-refractivity contribution in [2.45, 2.75) is 11.3 Å². The molecule has 0 saturated carbocycles. The summed E-state index contributed by atoms with van der Waals surface area (Å²) < 4.78 is 73.2. The van der Waals surface area contributed by atoms with Crippen molar-refractivity contribution in [3.63, 3.8) is 0 Å². The number of hydrogen-bond donors (Lipinski definition) is 1. The fraction of sp³-hybridized carbons (Fsp3) is 0.143. The predicted molar refractivity (Wildman–Crippen MR) is 84.6 cm³/mol. The second-order valence-electron chi connectivity index (χ2n) is 4.45. The zero-order valence-corrected chi connectivity index (χ0v) is 14.5. The number of sulfonamides is 1. The average molecular weight is 426 g/mol. The first-order valence-electron chi connectivity index (χ1n) is 6.33. The molecule has 0 aliphatic heterocycles. The van der Waals surface area contributed by atoms with Crippen LogP contribution in [0.15, 0.2) is 51.8 Å². The number of halogens is 4. The lowest BCUT2D eigenvalue weighted by atomic mass is 10.3. The van der Waals surface area contributed by atoms with E-state index in [1.54, 1.807) is 0 Å². The molecule has 0 saturated heterocycles. The smallest absolute Gasteiger partial charge is 0.496 e. The number of benzene rings is 2. The van der Waals surface area contributed by atoms with E-state index in [9.17, 15) is 21.6 Å². The van der Waals surface area contributed by atoms with Crippen LogP contribution in [0.5, 0.6) is 11.5 Å². The van der Waals surface area contributed by atoms with Gasteiger partial charge >= 0.3 is 6.36 Å². The average Bonchev–Trinajstić information content (AvgIpc) is 2.47. The first-order chi connectivity index (χ1) is 11.1. The summed E-state index contributed by atoms with van der Waals surface area (Å²) in [6.07, 6.45) is -4.94. The van der Waals surface area contributed by atoms with Gasteiger partial charge in [-0.3, -0.25) is 4.72 Å². The molecule has 0 unspecified atom stereocenters. The van der Waals surface area contributed by atoms with E-state index in [0.29, 0.717) is 10.2 Å². The molecule has 0 aliphatic carbocycles. The fourth-order valence-electron chi connectivity index (χ4n) is 1.78. The molecule has 5 nitrogen and oxygen atoms in total. The highest BCUT2D eigenvalue weighted by molar-refractivity contribution is 9.10. The summed E-state index contributed by atoms with van der Waals surface area (Å²) in [5, 5.41) is 0. The maximum atomic E-state index is 12.4. The van der Waals surface area contributed by atoms with Crippen LogP contribution in [0.25, 0.3) is 0 Å². The van der Waals surface area contributed by atoms with Gasteiger partial charge in [-0.05, 0) is 46.3 Å². The van der Waals surface area contributed by atoms with E-state index in [2.05, 4.69) is 25.4 Å². The molecule has 2 aromatic carbocycles. The summed E-state index contributed by atoms with van der Waals surface area (Å²) in [5.74, 6) is -0.240. The van der Waals surface area contributed by atoms with Gasteiger partial charge in [0, 0.05) is 0 Å². The summed E-state index contributed by atoms with van der Waals surface area (Å²) in [6.45, 7) is 0. The summed E-state index contributed by atoms with van der Waals surface area (Å²) >= 11 is 3.15. The highest BCUT2D eigenvalue weighted by Gasteiger charge is 2.32. The highest BCUT2D eigenvalue weighted by atomic mass is 79.9. The van der Waals surface area contributed by atoms with Crippen molar-refractivity contribution < 1.29 is 31.1 Å². The third-order valence-corrected chi connectivity index (χ3v) is 4.77. The summed E-state index contributed by atoms with van der Waals surface area (Å²) in [6, 6.07) is 8.80. The topological polar surface area (TPSA) is 64.6 Å². The molecule has 2 rings (SSSR count). The Kier molecular flexibility index (Phi) is 5.29. The Hall–Kier alpha value is -1.94. The van der Waals surface area contributed by atoms with Gasteiger partial charge in [-0.15, -0.1) is 13.2 Å². The maximum absolute atomic E-state index is 12.4. The molecule has 0 bridgehead atoms. The van der Waals surface area contributed by atoms with Crippen molar-refractivity contribution >= 4 is 31.6 Å². The first kappa shape index (κ1) is 18.4. The monoisotopic (exact) mass is 425 g/mol. The molecule has 0 aliphatic rings. The molecule has 0 aromatic heterocycles. The van der Waals surface area contributed by atoms with Crippen LogP contribution >= 0.6 is 15.9 Å². The van der Waals surface area contributed by atoms with Crippen molar-refractivity contribution in [3.8, 4) is 11.5 Å². The van der Waals surface area contributed by atoms with Gasteiger partial charge in [0.1, 0.15) is 5.75 Å². The van der Waals surface area contributed by atoms with Gasteiger partial charge in [0.2, 0.25) is 0 Å². The number of anilines is 1. The van der Waals surface area contributed by atoms with Crippen LogP contribution in [0.2, 0.25) is 0 Å². The second kappa shape index (κ2) is 6.89. The first-order valence-corrected chi connectivity index (χ1v) is 8.61. The van der Waals surface area contributed by atoms with E-state index in [-0.39, 0.29) is 10.6 Å². The Morgan fingerprint density at radius 1 is 1.08 bits per heavy atom. The van der Waals surface area contributed by atoms with Crippen molar-refractivity contribution in [2.24, 2.45) is 0 Å². The van der Waals surface area contributed by atoms with Crippen LogP contribution < -0.4 is 14.2 Å². The van der Waals surface area contributed by atoms with Gasteiger partial charge < -0.3 is 9.47 Å². The molecule has 0 atom stereocenters. The van der Waals surface area contributed by atoms with Crippen LogP contribution in [-0.2, 0) is 10.0 Å². The molecule has 0 heterocycles. The molecule has 24 heavy (non-hydrogen) atoms. The molecule has 0 radical (unpaired) electrons. The van der Waals surface area contributed by atoms with Gasteiger partial charge in [0.15, 0.2) is 5.75 Å². The molecular formula is C14H11BrF3NO4S. The largest absolute Gasteiger partial charge is 0.573 e. The lowest BCUT2D eigenvalue weighted by Gasteiger charge is -2.15.